The van der Waals surface area contributed by atoms with Gasteiger partial charge in [0.1, 0.15) is 30.9 Å². The first-order valence-electron chi connectivity index (χ1n) is 5.33. The van der Waals surface area contributed by atoms with Crippen LogP contribution >= 0.6 is 0 Å². The molecule has 0 fully saturated rings. The molecule has 0 unspecified atom stereocenters. The van der Waals surface area contributed by atoms with Gasteiger partial charge in [-0.3, -0.25) is 0 Å². The normalized spacial score (nSPS) is 9.00. The van der Waals surface area contributed by atoms with Gasteiger partial charge in [-0.05, 0) is 0 Å². The summed E-state index contributed by atoms with van der Waals surface area (Å²) in [5.74, 6) is -1.07. The average molecular weight is 258 g/mol. The van der Waals surface area contributed by atoms with Crippen LogP contribution in [0.1, 0.15) is 11.1 Å². The molecule has 1 rings (SSSR count). The fraction of sp³-hybridized carbons (Fsp3) is 0.143. The summed E-state index contributed by atoms with van der Waals surface area (Å²) in [6, 6.07) is 4.65. The van der Waals surface area contributed by atoms with Gasteiger partial charge in [-0.1, -0.05) is 25.3 Å². The van der Waals surface area contributed by atoms with Gasteiger partial charge in [0.25, 0.3) is 0 Å². The van der Waals surface area contributed by atoms with Crippen LogP contribution in [-0.2, 0) is 0 Å². The minimum atomic E-state index is -0.914. The number of nitriles is 2. The van der Waals surface area contributed by atoms with Crippen LogP contribution in [0.3, 0.4) is 0 Å². The zero-order chi connectivity index (χ0) is 14.3. The second-order valence-corrected chi connectivity index (χ2v) is 3.36. The van der Waals surface area contributed by atoms with Crippen LogP contribution in [0.5, 0.6) is 11.5 Å². The predicted molar refractivity (Wildman–Crippen MR) is 67.2 cm³/mol. The van der Waals surface area contributed by atoms with Crippen molar-refractivity contribution in [1.29, 1.82) is 10.5 Å². The first kappa shape index (κ1) is 14.3. The number of halogens is 1. The SMILES string of the molecule is C=CCOc1cc(C#N)c(C#N)c(F)c1OCC=C. The lowest BCUT2D eigenvalue weighted by Gasteiger charge is -2.13. The maximum absolute atomic E-state index is 14.1. The Kier molecular flexibility index (Phi) is 5.13. The second-order valence-electron chi connectivity index (χ2n) is 3.36. The molecular formula is C14H11FN2O2. The molecule has 0 amide bonds. The van der Waals surface area contributed by atoms with Crippen LogP contribution in [-0.4, -0.2) is 13.2 Å². The molecule has 0 N–H and O–H groups in total. The summed E-state index contributed by atoms with van der Waals surface area (Å²) < 4.78 is 24.5. The Hall–Kier alpha value is -2.79. The van der Waals surface area contributed by atoms with E-state index in [-0.39, 0.29) is 35.8 Å². The molecule has 0 aromatic heterocycles. The number of hydrogen-bond acceptors (Lipinski definition) is 4. The lowest BCUT2D eigenvalue weighted by molar-refractivity contribution is 0.294. The van der Waals surface area contributed by atoms with E-state index in [1.165, 1.54) is 18.2 Å². The number of nitrogens with zero attached hydrogens (tertiary/aromatic N) is 2. The molecule has 0 radical (unpaired) electrons. The fourth-order valence-corrected chi connectivity index (χ4v) is 1.34. The van der Waals surface area contributed by atoms with Gasteiger partial charge < -0.3 is 9.47 Å². The number of benzene rings is 1. The minimum Gasteiger partial charge on any atom is -0.485 e. The third kappa shape index (κ3) is 3.11. The standard InChI is InChI=1S/C14H11FN2O2/c1-3-5-18-12-7-10(8-16)11(9-17)13(15)14(12)19-6-4-2/h3-4,7H,1-2,5-6H2. The van der Waals surface area contributed by atoms with Crippen LogP contribution in [0.2, 0.25) is 0 Å². The van der Waals surface area contributed by atoms with Crippen molar-refractivity contribution in [2.45, 2.75) is 0 Å². The summed E-state index contributed by atoms with van der Waals surface area (Å²) in [6.45, 7) is 7.10. The van der Waals surface area contributed by atoms with Crippen molar-refractivity contribution in [1.82, 2.24) is 0 Å². The quantitative estimate of drug-likeness (QED) is 0.736. The highest BCUT2D eigenvalue weighted by atomic mass is 19.1. The Morgan fingerprint density at radius 2 is 1.79 bits per heavy atom. The Balaban J connectivity index is 3.38. The van der Waals surface area contributed by atoms with Gasteiger partial charge in [-0.2, -0.15) is 10.5 Å². The van der Waals surface area contributed by atoms with Gasteiger partial charge in [0.2, 0.25) is 0 Å². The zero-order valence-electron chi connectivity index (χ0n) is 10.1. The molecule has 1 aromatic rings. The van der Waals surface area contributed by atoms with E-state index in [2.05, 4.69) is 13.2 Å². The largest absolute Gasteiger partial charge is 0.485 e. The molecule has 4 nitrogen and oxygen atoms in total. The summed E-state index contributed by atoms with van der Waals surface area (Å²) in [7, 11) is 0. The van der Waals surface area contributed by atoms with E-state index >= 15 is 0 Å². The van der Waals surface area contributed by atoms with E-state index < -0.39 is 5.82 Å². The highest BCUT2D eigenvalue weighted by Gasteiger charge is 2.20. The van der Waals surface area contributed by atoms with Crippen LogP contribution in [0.4, 0.5) is 4.39 Å². The van der Waals surface area contributed by atoms with E-state index in [0.29, 0.717) is 0 Å². The smallest absolute Gasteiger partial charge is 0.198 e. The molecule has 0 saturated heterocycles. The van der Waals surface area contributed by atoms with Gasteiger partial charge in [0.05, 0.1) is 5.56 Å². The summed E-state index contributed by atoms with van der Waals surface area (Å²) in [4.78, 5) is 0. The van der Waals surface area contributed by atoms with E-state index in [1.807, 2.05) is 0 Å². The summed E-state index contributed by atoms with van der Waals surface area (Å²) in [6.07, 6.45) is 2.90. The lowest BCUT2D eigenvalue weighted by atomic mass is 10.1. The van der Waals surface area contributed by atoms with Gasteiger partial charge in [-0.25, -0.2) is 4.39 Å². The monoisotopic (exact) mass is 258 g/mol. The minimum absolute atomic E-state index is 0.0507. The average Bonchev–Trinajstić information content (AvgIpc) is 2.43. The molecule has 0 aliphatic carbocycles. The first-order chi connectivity index (χ1) is 9.19. The van der Waals surface area contributed by atoms with Crippen molar-refractivity contribution in [2.24, 2.45) is 0 Å². The van der Waals surface area contributed by atoms with E-state index in [4.69, 9.17) is 20.0 Å². The molecule has 0 atom stereocenters. The maximum atomic E-state index is 14.1. The maximum Gasteiger partial charge on any atom is 0.198 e. The van der Waals surface area contributed by atoms with E-state index in [0.717, 1.165) is 0 Å². The highest BCUT2D eigenvalue weighted by molar-refractivity contribution is 5.57. The molecule has 0 aliphatic rings. The molecule has 5 heteroatoms. The van der Waals surface area contributed by atoms with Crippen molar-refractivity contribution in [3.63, 3.8) is 0 Å². The summed E-state index contributed by atoms with van der Waals surface area (Å²) in [5.41, 5.74) is -0.475. The van der Waals surface area contributed by atoms with Crippen LogP contribution in [0, 0.1) is 28.5 Å². The molecule has 0 saturated carbocycles. The zero-order valence-corrected chi connectivity index (χ0v) is 10.1. The molecule has 19 heavy (non-hydrogen) atoms. The van der Waals surface area contributed by atoms with Crippen molar-refractivity contribution < 1.29 is 13.9 Å². The van der Waals surface area contributed by atoms with Crippen molar-refractivity contribution in [3.8, 4) is 23.6 Å². The van der Waals surface area contributed by atoms with Crippen molar-refractivity contribution in [2.75, 3.05) is 13.2 Å². The van der Waals surface area contributed by atoms with Crippen LogP contribution in [0.25, 0.3) is 0 Å². The number of rotatable bonds is 6. The molecule has 0 aliphatic heterocycles. The summed E-state index contributed by atoms with van der Waals surface area (Å²) >= 11 is 0. The van der Waals surface area contributed by atoms with E-state index in [1.54, 1.807) is 12.1 Å². The van der Waals surface area contributed by atoms with Gasteiger partial charge in [-0.15, -0.1) is 0 Å². The second kappa shape index (κ2) is 6.83. The topological polar surface area (TPSA) is 66.0 Å². The molecular weight excluding hydrogens is 247 g/mol. The molecule has 0 bridgehead atoms. The number of ether oxygens (including phenoxy) is 2. The third-order valence-corrected chi connectivity index (χ3v) is 2.12. The Labute approximate surface area is 110 Å². The van der Waals surface area contributed by atoms with Crippen LogP contribution in [0.15, 0.2) is 31.4 Å². The van der Waals surface area contributed by atoms with Gasteiger partial charge in [0, 0.05) is 6.07 Å². The molecule has 1 aromatic carbocycles. The van der Waals surface area contributed by atoms with E-state index in [9.17, 15) is 4.39 Å². The highest BCUT2D eigenvalue weighted by Crippen LogP contribution is 2.34. The fourth-order valence-electron chi connectivity index (χ4n) is 1.34. The molecule has 0 spiro atoms. The third-order valence-electron chi connectivity index (χ3n) is 2.12. The molecule has 0 heterocycles. The Bertz CT molecular complexity index is 583. The van der Waals surface area contributed by atoms with Gasteiger partial charge in [0.15, 0.2) is 17.3 Å². The Morgan fingerprint density at radius 1 is 1.16 bits per heavy atom. The van der Waals surface area contributed by atoms with Crippen molar-refractivity contribution in [3.05, 3.63) is 48.3 Å². The van der Waals surface area contributed by atoms with Gasteiger partial charge >= 0.3 is 0 Å². The summed E-state index contributed by atoms with van der Waals surface area (Å²) in [5, 5.41) is 17.8. The number of hydrogen-bond donors (Lipinski definition) is 0. The van der Waals surface area contributed by atoms with Crippen molar-refractivity contribution >= 4 is 0 Å². The predicted octanol–water partition coefficient (Wildman–Crippen LogP) is 2.70. The Morgan fingerprint density at radius 3 is 2.32 bits per heavy atom. The molecule has 96 valence electrons. The first-order valence-corrected chi connectivity index (χ1v) is 5.33. The van der Waals surface area contributed by atoms with Crippen LogP contribution < -0.4 is 9.47 Å². The lowest BCUT2D eigenvalue weighted by Crippen LogP contribution is -2.04.